The summed E-state index contributed by atoms with van der Waals surface area (Å²) in [5, 5.41) is 5.51. The maximum Gasteiger partial charge on any atom is 0.254 e. The third kappa shape index (κ3) is 5.43. The molecule has 0 unspecified atom stereocenters. The average molecular weight is 378 g/mol. The van der Waals surface area contributed by atoms with Gasteiger partial charge < -0.3 is 24.8 Å². The maximum atomic E-state index is 12.6. The molecule has 0 saturated heterocycles. The Hall–Kier alpha value is -2.12. The van der Waals surface area contributed by atoms with Crippen LogP contribution >= 0.6 is 0 Å². The van der Waals surface area contributed by atoms with Gasteiger partial charge >= 0.3 is 0 Å². The molecule has 0 saturated carbocycles. The summed E-state index contributed by atoms with van der Waals surface area (Å²) in [4.78, 5) is 24.7. The zero-order valence-electron chi connectivity index (χ0n) is 16.6. The highest BCUT2D eigenvalue weighted by molar-refractivity contribution is 6.02. The Labute approximate surface area is 160 Å². The quantitative estimate of drug-likeness (QED) is 0.482. The first-order valence-corrected chi connectivity index (χ1v) is 9.55. The van der Waals surface area contributed by atoms with Crippen LogP contribution in [0.25, 0.3) is 0 Å². The second-order valence-corrected chi connectivity index (χ2v) is 6.47. The van der Waals surface area contributed by atoms with Gasteiger partial charge in [0.1, 0.15) is 5.75 Å². The lowest BCUT2D eigenvalue weighted by Gasteiger charge is -2.17. The number of benzene rings is 1. The third-order valence-electron chi connectivity index (χ3n) is 4.47. The molecule has 2 amide bonds. The van der Waals surface area contributed by atoms with Crippen molar-refractivity contribution in [2.75, 3.05) is 33.4 Å². The summed E-state index contributed by atoms with van der Waals surface area (Å²) in [6.07, 6.45) is 1.21. The van der Waals surface area contributed by atoms with Crippen LogP contribution in [0.3, 0.4) is 0 Å². The lowest BCUT2D eigenvalue weighted by Crippen LogP contribution is -2.27. The molecule has 1 aliphatic rings. The summed E-state index contributed by atoms with van der Waals surface area (Å²) in [5.74, 6) is 0.265. The molecule has 1 heterocycles. The van der Waals surface area contributed by atoms with Crippen LogP contribution in [0.5, 0.6) is 5.75 Å². The number of rotatable bonds is 10. The standard InChI is InChI=1S/C20H30N2O5/c1-5-25-17(26-6-2)8-7-9-22-19(23)14-10-15-13(3)12-27-18(15)16(11-14)20(24)21-4/h10-11,13,17H,5-9,12H2,1-4H3,(H,21,24)(H,22,23)/t13-/m1/s1. The highest BCUT2D eigenvalue weighted by Crippen LogP contribution is 2.37. The Morgan fingerprint density at radius 3 is 2.56 bits per heavy atom. The normalized spacial score (nSPS) is 15.4. The minimum Gasteiger partial charge on any atom is -0.492 e. The fraction of sp³-hybridized carbons (Fsp3) is 0.600. The fourth-order valence-corrected chi connectivity index (χ4v) is 3.07. The van der Waals surface area contributed by atoms with Gasteiger partial charge in [-0.25, -0.2) is 0 Å². The van der Waals surface area contributed by atoms with E-state index < -0.39 is 0 Å². The van der Waals surface area contributed by atoms with E-state index in [1.54, 1.807) is 13.1 Å². The number of carbonyl (C=O) groups is 2. The Morgan fingerprint density at radius 1 is 1.22 bits per heavy atom. The van der Waals surface area contributed by atoms with Crippen molar-refractivity contribution in [1.82, 2.24) is 10.6 Å². The summed E-state index contributed by atoms with van der Waals surface area (Å²) >= 11 is 0. The molecule has 0 radical (unpaired) electrons. The second kappa shape index (κ2) is 10.3. The van der Waals surface area contributed by atoms with Crippen molar-refractivity contribution in [3.8, 4) is 5.75 Å². The lowest BCUT2D eigenvalue weighted by molar-refractivity contribution is -0.139. The molecule has 27 heavy (non-hydrogen) atoms. The molecule has 0 aromatic heterocycles. The SMILES string of the molecule is CCOC(CCCNC(=O)c1cc(C(=O)NC)c2c(c1)[C@H](C)CO2)OCC. The van der Waals surface area contributed by atoms with E-state index >= 15 is 0 Å². The number of fused-ring (bicyclic) bond motifs is 1. The molecule has 0 bridgehead atoms. The second-order valence-electron chi connectivity index (χ2n) is 6.47. The van der Waals surface area contributed by atoms with Gasteiger partial charge in [0.15, 0.2) is 6.29 Å². The Balaban J connectivity index is 2.00. The van der Waals surface area contributed by atoms with Crippen molar-refractivity contribution in [3.05, 3.63) is 28.8 Å². The molecule has 7 heteroatoms. The molecule has 1 atom stereocenters. The number of ether oxygens (including phenoxy) is 3. The van der Waals surface area contributed by atoms with Crippen molar-refractivity contribution in [2.24, 2.45) is 0 Å². The van der Waals surface area contributed by atoms with E-state index in [-0.39, 0.29) is 24.0 Å². The molecule has 0 spiro atoms. The number of hydrogen-bond donors (Lipinski definition) is 2. The zero-order chi connectivity index (χ0) is 19.8. The number of amides is 2. The molecule has 7 nitrogen and oxygen atoms in total. The van der Waals surface area contributed by atoms with E-state index in [1.807, 2.05) is 26.8 Å². The Bertz CT molecular complexity index is 656. The first-order valence-electron chi connectivity index (χ1n) is 9.55. The van der Waals surface area contributed by atoms with Gasteiger partial charge in [0.05, 0.1) is 12.2 Å². The van der Waals surface area contributed by atoms with Crippen LogP contribution in [0.4, 0.5) is 0 Å². The average Bonchev–Trinajstić information content (AvgIpc) is 3.05. The molecule has 1 aromatic carbocycles. The predicted molar refractivity (Wildman–Crippen MR) is 102 cm³/mol. The van der Waals surface area contributed by atoms with Gasteiger partial charge in [-0.2, -0.15) is 0 Å². The minimum atomic E-state index is -0.258. The van der Waals surface area contributed by atoms with Gasteiger partial charge in [-0.05, 0) is 32.4 Å². The van der Waals surface area contributed by atoms with Crippen molar-refractivity contribution < 1.29 is 23.8 Å². The Kier molecular flexibility index (Phi) is 8.06. The molecule has 2 rings (SSSR count). The number of carbonyl (C=O) groups excluding carboxylic acids is 2. The largest absolute Gasteiger partial charge is 0.492 e. The zero-order valence-corrected chi connectivity index (χ0v) is 16.6. The molecule has 150 valence electrons. The van der Waals surface area contributed by atoms with E-state index in [9.17, 15) is 9.59 Å². The van der Waals surface area contributed by atoms with Gasteiger partial charge in [0.2, 0.25) is 0 Å². The van der Waals surface area contributed by atoms with Gasteiger partial charge in [-0.15, -0.1) is 0 Å². The summed E-state index contributed by atoms with van der Waals surface area (Å²) in [6, 6.07) is 3.41. The van der Waals surface area contributed by atoms with Crippen molar-refractivity contribution >= 4 is 11.8 Å². The highest BCUT2D eigenvalue weighted by atomic mass is 16.7. The summed E-state index contributed by atoms with van der Waals surface area (Å²) in [5.41, 5.74) is 1.77. The fourth-order valence-electron chi connectivity index (χ4n) is 3.07. The topological polar surface area (TPSA) is 85.9 Å². The highest BCUT2D eigenvalue weighted by Gasteiger charge is 2.27. The lowest BCUT2D eigenvalue weighted by atomic mass is 9.97. The monoisotopic (exact) mass is 378 g/mol. The van der Waals surface area contributed by atoms with Crippen molar-refractivity contribution in [3.63, 3.8) is 0 Å². The summed E-state index contributed by atoms with van der Waals surface area (Å²) < 4.78 is 16.6. The van der Waals surface area contributed by atoms with E-state index in [1.165, 1.54) is 0 Å². The van der Waals surface area contributed by atoms with Crippen molar-refractivity contribution in [2.45, 2.75) is 45.8 Å². The van der Waals surface area contributed by atoms with Crippen LogP contribution in [0.15, 0.2) is 12.1 Å². The van der Waals surface area contributed by atoms with E-state index in [0.717, 1.165) is 12.0 Å². The van der Waals surface area contributed by atoms with Gasteiger partial charge in [-0.3, -0.25) is 9.59 Å². The molecule has 0 aliphatic carbocycles. The van der Waals surface area contributed by atoms with E-state index in [0.29, 0.717) is 49.7 Å². The smallest absolute Gasteiger partial charge is 0.254 e. The number of nitrogens with one attached hydrogen (secondary N) is 2. The number of hydrogen-bond acceptors (Lipinski definition) is 5. The van der Waals surface area contributed by atoms with E-state index in [4.69, 9.17) is 14.2 Å². The van der Waals surface area contributed by atoms with Crippen LogP contribution in [0.2, 0.25) is 0 Å². The molecule has 1 aromatic rings. The molecule has 2 N–H and O–H groups in total. The molecule has 0 fully saturated rings. The van der Waals surface area contributed by atoms with E-state index in [2.05, 4.69) is 10.6 Å². The van der Waals surface area contributed by atoms with Crippen molar-refractivity contribution in [1.29, 1.82) is 0 Å². The first-order chi connectivity index (χ1) is 13.0. The molecule has 1 aliphatic heterocycles. The van der Waals surface area contributed by atoms with Crippen LogP contribution < -0.4 is 15.4 Å². The maximum absolute atomic E-state index is 12.6. The summed E-state index contributed by atoms with van der Waals surface area (Å²) in [7, 11) is 1.56. The molecular formula is C20H30N2O5. The van der Waals surface area contributed by atoms with Gasteiger partial charge in [0.25, 0.3) is 11.8 Å². The Morgan fingerprint density at radius 2 is 1.93 bits per heavy atom. The van der Waals surface area contributed by atoms with Crippen LogP contribution in [-0.2, 0) is 9.47 Å². The van der Waals surface area contributed by atoms with Crippen LogP contribution in [0.1, 0.15) is 65.8 Å². The summed E-state index contributed by atoms with van der Waals surface area (Å²) in [6.45, 7) is 8.08. The first kappa shape index (κ1) is 21.2. The molecular weight excluding hydrogens is 348 g/mol. The third-order valence-corrected chi connectivity index (χ3v) is 4.47. The van der Waals surface area contributed by atoms with Crippen LogP contribution in [0, 0.1) is 0 Å². The minimum absolute atomic E-state index is 0.147. The van der Waals surface area contributed by atoms with Gasteiger partial charge in [-0.1, -0.05) is 6.92 Å². The van der Waals surface area contributed by atoms with Crippen LogP contribution in [-0.4, -0.2) is 51.5 Å². The predicted octanol–water partition coefficient (Wildman–Crippen LogP) is 2.45. The van der Waals surface area contributed by atoms with Gasteiger partial charge in [0, 0.05) is 50.3 Å².